The number of aromatic nitrogens is 2. The summed E-state index contributed by atoms with van der Waals surface area (Å²) in [5.41, 5.74) is 0.683. The van der Waals surface area contributed by atoms with Gasteiger partial charge in [0.1, 0.15) is 5.82 Å². The zero-order chi connectivity index (χ0) is 11.3. The lowest BCUT2D eigenvalue weighted by molar-refractivity contribution is 0.668. The van der Waals surface area contributed by atoms with E-state index in [1.54, 1.807) is 10.6 Å². The van der Waals surface area contributed by atoms with Gasteiger partial charge in [0, 0.05) is 6.04 Å². The monoisotopic (exact) mass is 234 g/mol. The quantitative estimate of drug-likeness (QED) is 0.761. The van der Waals surface area contributed by atoms with Crippen LogP contribution in [0.1, 0.15) is 24.7 Å². The first kappa shape index (κ1) is 9.85. The van der Waals surface area contributed by atoms with E-state index in [4.69, 9.17) is 11.6 Å². The molecule has 3 nitrogen and oxygen atoms in total. The molecule has 1 fully saturated rings. The number of hydrogen-bond acceptors (Lipinski definition) is 2. The van der Waals surface area contributed by atoms with Crippen molar-refractivity contribution in [2.75, 3.05) is 0 Å². The van der Waals surface area contributed by atoms with Crippen LogP contribution in [0.25, 0.3) is 10.9 Å². The van der Waals surface area contributed by atoms with Crippen molar-refractivity contribution >= 4 is 22.5 Å². The summed E-state index contributed by atoms with van der Waals surface area (Å²) in [5.74, 6) is 0.780. The Morgan fingerprint density at radius 2 is 2.19 bits per heavy atom. The summed E-state index contributed by atoms with van der Waals surface area (Å²) >= 11 is 6.06. The molecule has 0 bridgehead atoms. The number of fused-ring (bicyclic) bond motifs is 1. The molecule has 82 valence electrons. The van der Waals surface area contributed by atoms with Crippen LogP contribution < -0.4 is 5.56 Å². The van der Waals surface area contributed by atoms with Gasteiger partial charge in [0.2, 0.25) is 0 Å². The first-order valence-electron chi connectivity index (χ1n) is 5.36. The molecule has 1 heterocycles. The Hall–Kier alpha value is -1.35. The van der Waals surface area contributed by atoms with E-state index in [0.717, 1.165) is 18.7 Å². The Morgan fingerprint density at radius 3 is 2.88 bits per heavy atom. The predicted molar refractivity (Wildman–Crippen MR) is 64.0 cm³/mol. The van der Waals surface area contributed by atoms with E-state index < -0.39 is 0 Å². The molecule has 0 aliphatic heterocycles. The number of nitrogens with zero attached hydrogens (tertiary/aromatic N) is 2. The van der Waals surface area contributed by atoms with Gasteiger partial charge in [-0.15, -0.1) is 0 Å². The maximum Gasteiger partial charge on any atom is 0.263 e. The average molecular weight is 235 g/mol. The van der Waals surface area contributed by atoms with Crippen LogP contribution in [0.2, 0.25) is 5.02 Å². The zero-order valence-corrected chi connectivity index (χ0v) is 9.66. The molecule has 0 amide bonds. The van der Waals surface area contributed by atoms with Crippen molar-refractivity contribution in [1.82, 2.24) is 9.55 Å². The number of rotatable bonds is 1. The lowest BCUT2D eigenvalue weighted by atomic mass is 10.2. The number of benzene rings is 1. The molecule has 0 saturated heterocycles. The molecule has 0 atom stereocenters. The smallest absolute Gasteiger partial charge is 0.263 e. The van der Waals surface area contributed by atoms with Gasteiger partial charge in [-0.3, -0.25) is 9.36 Å². The van der Waals surface area contributed by atoms with Gasteiger partial charge in [0.15, 0.2) is 0 Å². The van der Waals surface area contributed by atoms with E-state index in [-0.39, 0.29) is 5.56 Å². The van der Waals surface area contributed by atoms with Crippen LogP contribution in [0.15, 0.2) is 23.0 Å². The summed E-state index contributed by atoms with van der Waals surface area (Å²) in [6.07, 6.45) is 2.14. The maximum atomic E-state index is 12.3. The highest BCUT2D eigenvalue weighted by atomic mass is 35.5. The maximum absolute atomic E-state index is 12.3. The second kappa shape index (κ2) is 3.32. The second-order valence-corrected chi connectivity index (χ2v) is 4.61. The molecule has 3 rings (SSSR count). The molecular weight excluding hydrogens is 224 g/mol. The number of halogens is 1. The average Bonchev–Trinajstić information content (AvgIpc) is 3.01. The molecule has 1 saturated carbocycles. The Labute approximate surface area is 97.7 Å². The fourth-order valence-electron chi connectivity index (χ4n) is 2.08. The Balaban J connectivity index is 2.45. The fraction of sp³-hybridized carbons (Fsp3) is 0.333. The molecule has 0 radical (unpaired) electrons. The summed E-state index contributed by atoms with van der Waals surface area (Å²) in [7, 11) is 0. The SMILES string of the molecule is Cc1nc2cccc(Cl)c2c(=O)n1C1CC1. The standard InChI is InChI=1S/C12H11ClN2O/c1-7-14-10-4-2-3-9(13)11(10)12(16)15(7)8-5-6-8/h2-4,8H,5-6H2,1H3. The van der Waals surface area contributed by atoms with Crippen molar-refractivity contribution in [3.05, 3.63) is 39.4 Å². The highest BCUT2D eigenvalue weighted by Crippen LogP contribution is 2.34. The second-order valence-electron chi connectivity index (χ2n) is 4.20. The van der Waals surface area contributed by atoms with Gasteiger partial charge in [-0.2, -0.15) is 0 Å². The van der Waals surface area contributed by atoms with E-state index in [9.17, 15) is 4.79 Å². The van der Waals surface area contributed by atoms with Gasteiger partial charge in [0.05, 0.1) is 15.9 Å². The van der Waals surface area contributed by atoms with Crippen LogP contribution in [0.3, 0.4) is 0 Å². The van der Waals surface area contributed by atoms with Crippen LogP contribution in [0.5, 0.6) is 0 Å². The van der Waals surface area contributed by atoms with Crippen molar-refractivity contribution in [2.24, 2.45) is 0 Å². The van der Waals surface area contributed by atoms with E-state index in [1.165, 1.54) is 0 Å². The first-order valence-corrected chi connectivity index (χ1v) is 5.73. The lowest BCUT2D eigenvalue weighted by Gasteiger charge is -2.09. The van der Waals surface area contributed by atoms with Crippen LogP contribution >= 0.6 is 11.6 Å². The molecule has 0 N–H and O–H groups in total. The fourth-order valence-corrected chi connectivity index (χ4v) is 2.33. The summed E-state index contributed by atoms with van der Waals surface area (Å²) in [4.78, 5) is 16.7. The molecular formula is C12H11ClN2O. The van der Waals surface area contributed by atoms with Crippen molar-refractivity contribution < 1.29 is 0 Å². The van der Waals surface area contributed by atoms with Gasteiger partial charge in [-0.05, 0) is 31.9 Å². The van der Waals surface area contributed by atoms with Crippen molar-refractivity contribution in [1.29, 1.82) is 0 Å². The van der Waals surface area contributed by atoms with Crippen LogP contribution in [-0.2, 0) is 0 Å². The summed E-state index contributed by atoms with van der Waals surface area (Å²) in [6.45, 7) is 1.88. The van der Waals surface area contributed by atoms with Crippen LogP contribution in [0, 0.1) is 6.92 Å². The molecule has 16 heavy (non-hydrogen) atoms. The van der Waals surface area contributed by atoms with Gasteiger partial charge >= 0.3 is 0 Å². The largest absolute Gasteiger partial charge is 0.293 e. The molecule has 0 unspecified atom stereocenters. The van der Waals surface area contributed by atoms with E-state index in [1.807, 2.05) is 19.1 Å². The number of hydrogen-bond donors (Lipinski definition) is 0. The van der Waals surface area contributed by atoms with Gasteiger partial charge in [-0.1, -0.05) is 17.7 Å². The minimum atomic E-state index is -0.00407. The molecule has 1 aliphatic carbocycles. The third-order valence-corrected chi connectivity index (χ3v) is 3.28. The summed E-state index contributed by atoms with van der Waals surface area (Å²) in [5, 5.41) is 1.03. The highest BCUT2D eigenvalue weighted by Gasteiger charge is 2.27. The topological polar surface area (TPSA) is 34.9 Å². The summed E-state index contributed by atoms with van der Waals surface area (Å²) in [6, 6.07) is 5.71. The third kappa shape index (κ3) is 1.35. The van der Waals surface area contributed by atoms with Crippen LogP contribution in [0.4, 0.5) is 0 Å². The third-order valence-electron chi connectivity index (χ3n) is 2.97. The van der Waals surface area contributed by atoms with Crippen molar-refractivity contribution in [2.45, 2.75) is 25.8 Å². The summed E-state index contributed by atoms with van der Waals surface area (Å²) < 4.78 is 1.77. The lowest BCUT2D eigenvalue weighted by Crippen LogP contribution is -2.23. The Morgan fingerprint density at radius 1 is 1.44 bits per heavy atom. The normalized spacial score (nSPS) is 15.6. The minimum absolute atomic E-state index is 0.00407. The van der Waals surface area contributed by atoms with Gasteiger partial charge in [0.25, 0.3) is 5.56 Å². The predicted octanol–water partition coefficient (Wildman–Crippen LogP) is 2.69. The highest BCUT2D eigenvalue weighted by molar-refractivity contribution is 6.35. The molecule has 0 spiro atoms. The molecule has 4 heteroatoms. The van der Waals surface area contributed by atoms with Crippen molar-refractivity contribution in [3.8, 4) is 0 Å². The van der Waals surface area contributed by atoms with Crippen molar-refractivity contribution in [3.63, 3.8) is 0 Å². The zero-order valence-electron chi connectivity index (χ0n) is 8.90. The minimum Gasteiger partial charge on any atom is -0.293 e. The Bertz CT molecular complexity index is 629. The molecule has 1 aromatic heterocycles. The Kier molecular flexibility index (Phi) is 2.04. The molecule has 1 aliphatic rings. The van der Waals surface area contributed by atoms with E-state index >= 15 is 0 Å². The number of aryl methyl sites for hydroxylation is 1. The molecule has 2 aromatic rings. The molecule has 1 aromatic carbocycles. The van der Waals surface area contributed by atoms with E-state index in [2.05, 4.69) is 4.98 Å². The van der Waals surface area contributed by atoms with Crippen LogP contribution in [-0.4, -0.2) is 9.55 Å². The first-order chi connectivity index (χ1) is 7.68. The van der Waals surface area contributed by atoms with E-state index in [0.29, 0.717) is 22.0 Å². The van der Waals surface area contributed by atoms with Gasteiger partial charge < -0.3 is 0 Å². The van der Waals surface area contributed by atoms with Gasteiger partial charge in [-0.25, -0.2) is 4.98 Å².